The molecule has 0 aromatic heterocycles. The molecule has 1 heterocycles. The third kappa shape index (κ3) is 3.91. The highest BCUT2D eigenvalue weighted by molar-refractivity contribution is 5.80. The van der Waals surface area contributed by atoms with Gasteiger partial charge in [-0.2, -0.15) is 0 Å². The quantitative estimate of drug-likeness (QED) is 0.655. The fourth-order valence-electron chi connectivity index (χ4n) is 2.73. The van der Waals surface area contributed by atoms with E-state index in [4.69, 9.17) is 4.74 Å². The molecule has 2 aliphatic rings. The van der Waals surface area contributed by atoms with E-state index in [1.54, 1.807) is 0 Å². The zero-order valence-electron chi connectivity index (χ0n) is 13.5. The van der Waals surface area contributed by atoms with Gasteiger partial charge in [0.2, 0.25) is 0 Å². The number of morpholine rings is 1. The molecule has 1 saturated carbocycles. The summed E-state index contributed by atoms with van der Waals surface area (Å²) in [4.78, 5) is 6.65. The molecule has 0 radical (unpaired) electrons. The van der Waals surface area contributed by atoms with Crippen LogP contribution in [0.4, 0.5) is 5.69 Å². The predicted molar refractivity (Wildman–Crippen MR) is 90.4 cm³/mol. The molecular formula is C17H26N4O. The Morgan fingerprint density at radius 2 is 1.95 bits per heavy atom. The maximum atomic E-state index is 5.39. The van der Waals surface area contributed by atoms with E-state index >= 15 is 0 Å². The average molecular weight is 302 g/mol. The molecule has 120 valence electrons. The Hall–Kier alpha value is -1.75. The minimum absolute atomic E-state index is 0.592. The summed E-state index contributed by atoms with van der Waals surface area (Å²) in [5.41, 5.74) is 2.55. The molecule has 1 aliphatic carbocycles. The maximum absolute atomic E-state index is 5.39. The molecule has 1 aromatic rings. The highest BCUT2D eigenvalue weighted by Gasteiger charge is 2.33. The highest BCUT2D eigenvalue weighted by atomic mass is 16.5. The Morgan fingerprint density at radius 1 is 1.27 bits per heavy atom. The number of aliphatic imine (C=N–C) groups is 1. The lowest BCUT2D eigenvalue weighted by Crippen LogP contribution is -2.38. The van der Waals surface area contributed by atoms with Crippen LogP contribution in [-0.2, 0) is 11.3 Å². The Balaban J connectivity index is 1.49. The first-order valence-electron chi connectivity index (χ1n) is 8.15. The fraction of sp³-hybridized carbons (Fsp3) is 0.588. The molecule has 1 aromatic carbocycles. The molecule has 2 N–H and O–H groups in total. The number of nitrogens with one attached hydrogen (secondary N) is 2. The van der Waals surface area contributed by atoms with Gasteiger partial charge in [0.15, 0.2) is 5.96 Å². The lowest BCUT2D eigenvalue weighted by atomic mass is 10.2. The molecule has 1 aliphatic heterocycles. The van der Waals surface area contributed by atoms with Gasteiger partial charge in [-0.25, -0.2) is 0 Å². The molecule has 2 unspecified atom stereocenters. The van der Waals surface area contributed by atoms with Crippen LogP contribution in [0.5, 0.6) is 0 Å². The molecule has 5 heteroatoms. The summed E-state index contributed by atoms with van der Waals surface area (Å²) in [6.07, 6.45) is 1.24. The molecule has 2 atom stereocenters. The Bertz CT molecular complexity index is 508. The number of ether oxygens (including phenoxy) is 1. The van der Waals surface area contributed by atoms with Crippen LogP contribution >= 0.6 is 0 Å². The van der Waals surface area contributed by atoms with Gasteiger partial charge in [0.05, 0.1) is 13.2 Å². The second-order valence-corrected chi connectivity index (χ2v) is 6.16. The lowest BCUT2D eigenvalue weighted by molar-refractivity contribution is 0.122. The minimum atomic E-state index is 0.592. The van der Waals surface area contributed by atoms with Crippen molar-refractivity contribution in [1.82, 2.24) is 10.6 Å². The van der Waals surface area contributed by atoms with Crippen LogP contribution in [0, 0.1) is 5.92 Å². The number of hydrogen-bond donors (Lipinski definition) is 2. The summed E-state index contributed by atoms with van der Waals surface area (Å²) in [5, 5.41) is 6.82. The van der Waals surface area contributed by atoms with Gasteiger partial charge in [0, 0.05) is 38.4 Å². The topological polar surface area (TPSA) is 48.9 Å². The molecular weight excluding hydrogens is 276 g/mol. The molecule has 0 amide bonds. The Morgan fingerprint density at radius 3 is 2.55 bits per heavy atom. The lowest BCUT2D eigenvalue weighted by Gasteiger charge is -2.28. The highest BCUT2D eigenvalue weighted by Crippen LogP contribution is 2.28. The van der Waals surface area contributed by atoms with Crippen LogP contribution in [0.25, 0.3) is 0 Å². The van der Waals surface area contributed by atoms with E-state index in [0.717, 1.165) is 44.7 Å². The van der Waals surface area contributed by atoms with Crippen molar-refractivity contribution in [3.05, 3.63) is 29.8 Å². The van der Waals surface area contributed by atoms with E-state index < -0.39 is 0 Å². The van der Waals surface area contributed by atoms with Gasteiger partial charge in [0.25, 0.3) is 0 Å². The van der Waals surface area contributed by atoms with Gasteiger partial charge >= 0.3 is 0 Å². The van der Waals surface area contributed by atoms with E-state index in [-0.39, 0.29) is 0 Å². The maximum Gasteiger partial charge on any atom is 0.191 e. The summed E-state index contributed by atoms with van der Waals surface area (Å²) in [7, 11) is 1.82. The van der Waals surface area contributed by atoms with E-state index in [2.05, 4.69) is 51.7 Å². The van der Waals surface area contributed by atoms with Gasteiger partial charge in [-0.15, -0.1) is 0 Å². The Kier molecular flexibility index (Phi) is 4.83. The Labute approximate surface area is 132 Å². The first kappa shape index (κ1) is 15.2. The van der Waals surface area contributed by atoms with Crippen molar-refractivity contribution < 1.29 is 4.74 Å². The summed E-state index contributed by atoms with van der Waals surface area (Å²) in [6.45, 7) is 6.66. The number of hydrogen-bond acceptors (Lipinski definition) is 3. The van der Waals surface area contributed by atoms with Crippen molar-refractivity contribution in [2.75, 3.05) is 38.3 Å². The van der Waals surface area contributed by atoms with Crippen LogP contribution in [0.15, 0.2) is 29.3 Å². The first-order valence-corrected chi connectivity index (χ1v) is 8.15. The number of rotatable bonds is 4. The molecule has 1 saturated heterocycles. The van der Waals surface area contributed by atoms with Gasteiger partial charge < -0.3 is 20.3 Å². The van der Waals surface area contributed by atoms with Crippen LogP contribution in [0.1, 0.15) is 18.9 Å². The minimum Gasteiger partial charge on any atom is -0.378 e. The largest absolute Gasteiger partial charge is 0.378 e. The van der Waals surface area contributed by atoms with E-state index in [1.807, 2.05) is 7.05 Å². The number of anilines is 1. The van der Waals surface area contributed by atoms with Crippen molar-refractivity contribution in [3.8, 4) is 0 Å². The third-order valence-corrected chi connectivity index (χ3v) is 4.43. The number of benzene rings is 1. The van der Waals surface area contributed by atoms with E-state index in [1.165, 1.54) is 17.7 Å². The number of guanidine groups is 1. The van der Waals surface area contributed by atoms with Gasteiger partial charge in [-0.05, 0) is 30.0 Å². The van der Waals surface area contributed by atoms with Crippen LogP contribution in [-0.4, -0.2) is 45.4 Å². The van der Waals surface area contributed by atoms with Crippen LogP contribution in [0.2, 0.25) is 0 Å². The van der Waals surface area contributed by atoms with Gasteiger partial charge in [0.1, 0.15) is 0 Å². The second kappa shape index (κ2) is 7.01. The normalized spacial score (nSPS) is 25.0. The monoisotopic (exact) mass is 302 g/mol. The summed E-state index contributed by atoms with van der Waals surface area (Å²) in [5.74, 6) is 1.66. The first-order chi connectivity index (χ1) is 10.8. The standard InChI is InChI=1S/C17H26N4O/c1-13-11-16(13)20-17(18-2)19-12-14-3-5-15(6-4-14)21-7-9-22-10-8-21/h3-6,13,16H,7-12H2,1-2H3,(H2,18,19,20). The zero-order chi connectivity index (χ0) is 15.4. The summed E-state index contributed by atoms with van der Waals surface area (Å²) < 4.78 is 5.39. The molecule has 3 rings (SSSR count). The fourth-order valence-corrected chi connectivity index (χ4v) is 2.73. The van der Waals surface area contributed by atoms with Crippen LogP contribution in [0.3, 0.4) is 0 Å². The van der Waals surface area contributed by atoms with Crippen molar-refractivity contribution in [2.45, 2.75) is 25.9 Å². The van der Waals surface area contributed by atoms with E-state index in [0.29, 0.717) is 6.04 Å². The van der Waals surface area contributed by atoms with Crippen molar-refractivity contribution in [3.63, 3.8) is 0 Å². The molecule has 0 bridgehead atoms. The van der Waals surface area contributed by atoms with Crippen molar-refractivity contribution in [2.24, 2.45) is 10.9 Å². The molecule has 0 spiro atoms. The smallest absolute Gasteiger partial charge is 0.191 e. The SMILES string of the molecule is CN=C(NCc1ccc(N2CCOCC2)cc1)NC1CC1C. The van der Waals surface area contributed by atoms with Crippen LogP contribution < -0.4 is 15.5 Å². The average Bonchev–Trinajstić information content (AvgIpc) is 3.27. The second-order valence-electron chi connectivity index (χ2n) is 6.16. The van der Waals surface area contributed by atoms with Gasteiger partial charge in [-0.1, -0.05) is 19.1 Å². The third-order valence-electron chi connectivity index (χ3n) is 4.43. The molecule has 2 fully saturated rings. The summed E-state index contributed by atoms with van der Waals surface area (Å²) >= 11 is 0. The molecule has 5 nitrogen and oxygen atoms in total. The van der Waals surface area contributed by atoms with Gasteiger partial charge in [-0.3, -0.25) is 4.99 Å². The van der Waals surface area contributed by atoms with Crippen molar-refractivity contribution >= 4 is 11.6 Å². The zero-order valence-corrected chi connectivity index (χ0v) is 13.5. The predicted octanol–water partition coefficient (Wildman–Crippen LogP) is 1.60. The van der Waals surface area contributed by atoms with E-state index in [9.17, 15) is 0 Å². The molecule has 22 heavy (non-hydrogen) atoms. The number of nitrogens with zero attached hydrogens (tertiary/aromatic N) is 2. The van der Waals surface area contributed by atoms with Crippen molar-refractivity contribution in [1.29, 1.82) is 0 Å². The summed E-state index contributed by atoms with van der Waals surface area (Å²) in [6, 6.07) is 9.36.